The lowest BCUT2D eigenvalue weighted by Crippen LogP contribution is -2.41. The van der Waals surface area contributed by atoms with Crippen molar-refractivity contribution in [3.8, 4) is 0 Å². The minimum atomic E-state index is -3.15. The molecule has 0 saturated carbocycles. The average Bonchev–Trinajstić information content (AvgIpc) is 3.18. The van der Waals surface area contributed by atoms with E-state index >= 15 is 0 Å². The van der Waals surface area contributed by atoms with Gasteiger partial charge in [-0.1, -0.05) is 18.2 Å². The molecule has 2 aliphatic heterocycles. The highest BCUT2D eigenvalue weighted by Crippen LogP contribution is 2.25. The van der Waals surface area contributed by atoms with Gasteiger partial charge in [0.05, 0.1) is 17.5 Å². The number of H-pyrrole nitrogens is 1. The summed E-state index contributed by atoms with van der Waals surface area (Å²) in [5.41, 5.74) is 1.92. The summed E-state index contributed by atoms with van der Waals surface area (Å²) in [4.78, 5) is 29.0. The van der Waals surface area contributed by atoms with Gasteiger partial charge in [-0.3, -0.25) is 9.69 Å². The van der Waals surface area contributed by atoms with Gasteiger partial charge in [-0.15, -0.1) is 0 Å². The topological polar surface area (TPSA) is 99.3 Å². The first-order valence-electron chi connectivity index (χ1n) is 7.83. The summed E-state index contributed by atoms with van der Waals surface area (Å²) < 4.78 is 23.2. The summed E-state index contributed by atoms with van der Waals surface area (Å²) >= 11 is 0. The van der Waals surface area contributed by atoms with Crippen LogP contribution in [0.15, 0.2) is 30.5 Å². The zero-order chi connectivity index (χ0) is 16.9. The molecule has 2 N–H and O–H groups in total. The van der Waals surface area contributed by atoms with Crippen molar-refractivity contribution in [2.24, 2.45) is 0 Å². The second-order valence-corrected chi connectivity index (χ2v) is 8.56. The van der Waals surface area contributed by atoms with E-state index in [9.17, 15) is 18.0 Å². The number of hydrogen-bond acceptors (Lipinski definition) is 4. The maximum Gasteiger partial charge on any atom is 0.325 e. The van der Waals surface area contributed by atoms with Gasteiger partial charge < -0.3 is 10.3 Å². The monoisotopic (exact) mass is 347 g/mol. The Morgan fingerprint density at radius 3 is 2.75 bits per heavy atom. The summed E-state index contributed by atoms with van der Waals surface area (Å²) in [7, 11) is -3.15. The van der Waals surface area contributed by atoms with E-state index in [2.05, 4.69) is 10.3 Å². The molecule has 0 spiro atoms. The van der Waals surface area contributed by atoms with Crippen LogP contribution in [-0.2, 0) is 21.1 Å². The molecule has 2 unspecified atom stereocenters. The van der Waals surface area contributed by atoms with Gasteiger partial charge in [-0.2, -0.15) is 0 Å². The minimum Gasteiger partial charge on any atom is -0.361 e. The number of hydrogen-bond donors (Lipinski definition) is 2. The second kappa shape index (κ2) is 5.34. The molecule has 1 aromatic heterocycles. The van der Waals surface area contributed by atoms with E-state index < -0.39 is 28.0 Å². The third-order valence-corrected chi connectivity index (χ3v) is 6.47. The molecule has 8 heteroatoms. The lowest BCUT2D eigenvalue weighted by atomic mass is 10.0. The lowest BCUT2D eigenvalue weighted by Gasteiger charge is -2.19. The minimum absolute atomic E-state index is 0.0296. The van der Waals surface area contributed by atoms with Crippen LogP contribution in [0.5, 0.6) is 0 Å². The molecule has 0 bridgehead atoms. The molecule has 2 atom stereocenters. The number of amides is 3. The number of aromatic nitrogens is 1. The van der Waals surface area contributed by atoms with Gasteiger partial charge >= 0.3 is 6.03 Å². The van der Waals surface area contributed by atoms with Crippen molar-refractivity contribution < 1.29 is 18.0 Å². The van der Waals surface area contributed by atoms with Crippen LogP contribution in [-0.4, -0.2) is 53.8 Å². The fourth-order valence-corrected chi connectivity index (χ4v) is 5.23. The van der Waals surface area contributed by atoms with Gasteiger partial charge in [-0.05, 0) is 18.1 Å². The number of aromatic amines is 1. The number of para-hydroxylation sites is 1. The van der Waals surface area contributed by atoms with Gasteiger partial charge in [0.1, 0.15) is 6.04 Å². The standard InChI is InChI=1S/C16H17N3O4S/c20-15-14(7-10-8-17-13-4-2-1-3-12(10)13)18-16(21)19(15)11-5-6-24(22,23)9-11/h1-4,8,11,14,17H,5-7,9H2,(H,18,21). The Morgan fingerprint density at radius 2 is 2.00 bits per heavy atom. The average molecular weight is 347 g/mol. The van der Waals surface area contributed by atoms with Crippen molar-refractivity contribution in [3.63, 3.8) is 0 Å². The van der Waals surface area contributed by atoms with Gasteiger partial charge in [0.2, 0.25) is 0 Å². The maximum absolute atomic E-state index is 12.6. The second-order valence-electron chi connectivity index (χ2n) is 6.33. The number of carbonyl (C=O) groups excluding carboxylic acids is 2. The molecule has 3 amide bonds. The number of nitrogens with one attached hydrogen (secondary N) is 2. The molecule has 2 saturated heterocycles. The van der Waals surface area contributed by atoms with Crippen LogP contribution in [0, 0.1) is 0 Å². The summed E-state index contributed by atoms with van der Waals surface area (Å²) in [5, 5.41) is 3.70. The van der Waals surface area contributed by atoms with Crippen molar-refractivity contribution in [2.75, 3.05) is 11.5 Å². The van der Waals surface area contributed by atoms with E-state index in [0.717, 1.165) is 21.4 Å². The van der Waals surface area contributed by atoms with E-state index in [1.165, 1.54) is 0 Å². The van der Waals surface area contributed by atoms with Crippen LogP contribution in [0.2, 0.25) is 0 Å². The third-order valence-electron chi connectivity index (χ3n) is 4.72. The number of fused-ring (bicyclic) bond motifs is 1. The number of benzene rings is 1. The molecule has 4 rings (SSSR count). The Hall–Kier alpha value is -2.35. The first-order valence-corrected chi connectivity index (χ1v) is 9.66. The van der Waals surface area contributed by atoms with Crippen LogP contribution < -0.4 is 5.32 Å². The Kier molecular flexibility index (Phi) is 3.38. The van der Waals surface area contributed by atoms with Crippen LogP contribution in [0.4, 0.5) is 4.79 Å². The van der Waals surface area contributed by atoms with Crippen LogP contribution >= 0.6 is 0 Å². The normalized spacial score (nSPS) is 26.2. The van der Waals surface area contributed by atoms with Gasteiger partial charge in [0.25, 0.3) is 5.91 Å². The molecule has 1 aromatic carbocycles. The highest BCUT2D eigenvalue weighted by atomic mass is 32.2. The molecule has 2 fully saturated rings. The van der Waals surface area contributed by atoms with E-state index in [-0.39, 0.29) is 17.4 Å². The Balaban J connectivity index is 1.55. The molecule has 126 valence electrons. The van der Waals surface area contributed by atoms with Gasteiger partial charge in [0, 0.05) is 23.5 Å². The number of nitrogens with zero attached hydrogens (tertiary/aromatic N) is 1. The molecular weight excluding hydrogens is 330 g/mol. The number of rotatable bonds is 3. The smallest absolute Gasteiger partial charge is 0.325 e. The van der Waals surface area contributed by atoms with Gasteiger partial charge in [0.15, 0.2) is 9.84 Å². The van der Waals surface area contributed by atoms with Crippen molar-refractivity contribution >= 4 is 32.7 Å². The quantitative estimate of drug-likeness (QED) is 0.803. The first kappa shape index (κ1) is 15.2. The predicted molar refractivity (Wildman–Crippen MR) is 88.2 cm³/mol. The number of imide groups is 1. The molecule has 24 heavy (non-hydrogen) atoms. The third kappa shape index (κ3) is 2.47. The Labute approximate surface area is 138 Å². The number of urea groups is 1. The first-order chi connectivity index (χ1) is 11.4. The van der Waals surface area contributed by atoms with Crippen molar-refractivity contribution in [1.82, 2.24) is 15.2 Å². The van der Waals surface area contributed by atoms with Gasteiger partial charge in [-0.25, -0.2) is 13.2 Å². The molecule has 0 aliphatic carbocycles. The Morgan fingerprint density at radius 1 is 1.21 bits per heavy atom. The largest absolute Gasteiger partial charge is 0.361 e. The fourth-order valence-electron chi connectivity index (χ4n) is 3.53. The van der Waals surface area contributed by atoms with E-state index in [0.29, 0.717) is 12.8 Å². The molecule has 3 heterocycles. The van der Waals surface area contributed by atoms with Crippen LogP contribution in [0.1, 0.15) is 12.0 Å². The van der Waals surface area contributed by atoms with Crippen LogP contribution in [0.25, 0.3) is 10.9 Å². The highest BCUT2D eigenvalue weighted by Gasteiger charge is 2.45. The summed E-state index contributed by atoms with van der Waals surface area (Å²) in [6.45, 7) is 0. The molecular formula is C16H17N3O4S. The van der Waals surface area contributed by atoms with Crippen molar-refractivity contribution in [1.29, 1.82) is 0 Å². The van der Waals surface area contributed by atoms with E-state index in [1.807, 2.05) is 30.5 Å². The maximum atomic E-state index is 12.6. The molecule has 2 aliphatic rings. The number of carbonyl (C=O) groups is 2. The summed E-state index contributed by atoms with van der Waals surface area (Å²) in [6.07, 6.45) is 2.54. The zero-order valence-electron chi connectivity index (χ0n) is 12.9. The summed E-state index contributed by atoms with van der Waals surface area (Å²) in [6, 6.07) is 6.06. The SMILES string of the molecule is O=C1NC(Cc2c[nH]c3ccccc23)C(=O)N1C1CCS(=O)(=O)C1. The molecule has 0 radical (unpaired) electrons. The Bertz CT molecular complexity index is 934. The number of sulfone groups is 1. The van der Waals surface area contributed by atoms with Crippen molar-refractivity contribution in [3.05, 3.63) is 36.0 Å². The van der Waals surface area contributed by atoms with E-state index in [1.54, 1.807) is 0 Å². The van der Waals surface area contributed by atoms with Crippen LogP contribution in [0.3, 0.4) is 0 Å². The van der Waals surface area contributed by atoms with Crippen molar-refractivity contribution in [2.45, 2.75) is 24.9 Å². The zero-order valence-corrected chi connectivity index (χ0v) is 13.7. The fraction of sp³-hybridized carbons (Fsp3) is 0.375. The predicted octanol–water partition coefficient (Wildman–Crippen LogP) is 0.818. The molecule has 2 aromatic rings. The lowest BCUT2D eigenvalue weighted by molar-refractivity contribution is -0.128. The molecule has 7 nitrogen and oxygen atoms in total. The summed E-state index contributed by atoms with van der Waals surface area (Å²) in [5.74, 6) is -0.444. The van der Waals surface area contributed by atoms with E-state index in [4.69, 9.17) is 0 Å². The highest BCUT2D eigenvalue weighted by molar-refractivity contribution is 7.91.